The molecule has 0 amide bonds. The Bertz CT molecular complexity index is 352. The molecule has 0 atom stereocenters. The van der Waals surface area contributed by atoms with E-state index in [1.807, 2.05) is 13.0 Å². The molecule has 0 aliphatic heterocycles. The number of hydrogen-bond acceptors (Lipinski definition) is 5. The summed E-state index contributed by atoms with van der Waals surface area (Å²) in [6.45, 7) is 2.62. The first-order valence-corrected chi connectivity index (χ1v) is 3.89. The molecule has 5 heteroatoms. The molecule has 0 fully saturated rings. The van der Waals surface area contributed by atoms with Gasteiger partial charge in [0, 0.05) is 6.54 Å². The van der Waals surface area contributed by atoms with Crippen LogP contribution in [0.2, 0.25) is 0 Å². The second-order valence-electron chi connectivity index (χ2n) is 2.51. The van der Waals surface area contributed by atoms with Crippen LogP contribution in [-0.2, 0) is 0 Å². The summed E-state index contributed by atoms with van der Waals surface area (Å²) in [5.74, 6) is 0.508. The van der Waals surface area contributed by atoms with Crippen LogP contribution < -0.4 is 16.8 Å². The summed E-state index contributed by atoms with van der Waals surface area (Å²) in [5, 5.41) is 11.6. The third kappa shape index (κ3) is 1.79. The molecule has 0 radical (unpaired) electrons. The SMILES string of the molecule is CCNc1nc(C#N)c(N)cc1N. The van der Waals surface area contributed by atoms with Gasteiger partial charge in [0.1, 0.15) is 6.07 Å². The van der Waals surface area contributed by atoms with Crippen LogP contribution in [0, 0.1) is 11.3 Å². The van der Waals surface area contributed by atoms with Crippen molar-refractivity contribution in [3.05, 3.63) is 11.8 Å². The van der Waals surface area contributed by atoms with Crippen LogP contribution in [0.25, 0.3) is 0 Å². The number of rotatable bonds is 2. The summed E-state index contributed by atoms with van der Waals surface area (Å²) in [6, 6.07) is 3.42. The van der Waals surface area contributed by atoms with Crippen LogP contribution in [0.15, 0.2) is 6.07 Å². The summed E-state index contributed by atoms with van der Waals surface area (Å²) in [6.07, 6.45) is 0. The molecule has 1 aromatic rings. The van der Waals surface area contributed by atoms with Crippen molar-refractivity contribution in [2.75, 3.05) is 23.3 Å². The van der Waals surface area contributed by atoms with Gasteiger partial charge in [-0.25, -0.2) is 4.98 Å². The molecule has 68 valence electrons. The maximum absolute atomic E-state index is 8.64. The fraction of sp³-hybridized carbons (Fsp3) is 0.250. The standard InChI is InChI=1S/C8H11N5/c1-2-12-8-6(11)3-5(10)7(4-9)13-8/h3H,2,10-11H2,1H3,(H,12,13). The summed E-state index contributed by atoms with van der Waals surface area (Å²) >= 11 is 0. The smallest absolute Gasteiger partial charge is 0.165 e. The fourth-order valence-electron chi connectivity index (χ4n) is 0.944. The molecule has 1 rings (SSSR count). The summed E-state index contributed by atoms with van der Waals surface area (Å²) in [5.41, 5.74) is 12.1. The highest BCUT2D eigenvalue weighted by Crippen LogP contribution is 2.20. The first-order valence-electron chi connectivity index (χ1n) is 3.89. The first kappa shape index (κ1) is 9.13. The zero-order chi connectivity index (χ0) is 9.84. The molecule has 0 unspecified atom stereocenters. The van der Waals surface area contributed by atoms with Gasteiger partial charge in [0.05, 0.1) is 11.4 Å². The Labute approximate surface area is 76.4 Å². The average Bonchev–Trinajstić information content (AvgIpc) is 2.10. The van der Waals surface area contributed by atoms with Crippen LogP contribution in [0.5, 0.6) is 0 Å². The molecular formula is C8H11N5. The van der Waals surface area contributed by atoms with Crippen molar-refractivity contribution in [3.63, 3.8) is 0 Å². The van der Waals surface area contributed by atoms with Gasteiger partial charge >= 0.3 is 0 Å². The van der Waals surface area contributed by atoms with E-state index in [1.165, 1.54) is 6.07 Å². The topological polar surface area (TPSA) is 101 Å². The first-order chi connectivity index (χ1) is 6.19. The Hall–Kier alpha value is -1.96. The molecule has 0 aliphatic rings. The van der Waals surface area contributed by atoms with Gasteiger partial charge in [-0.3, -0.25) is 0 Å². The number of hydrogen-bond donors (Lipinski definition) is 3. The molecule has 13 heavy (non-hydrogen) atoms. The predicted molar refractivity (Wildman–Crippen MR) is 51.9 cm³/mol. The van der Waals surface area contributed by atoms with Gasteiger partial charge in [-0.15, -0.1) is 0 Å². The normalized spacial score (nSPS) is 9.23. The third-order valence-corrected chi connectivity index (χ3v) is 1.53. The Balaban J connectivity index is 3.16. The molecule has 0 saturated heterocycles. The van der Waals surface area contributed by atoms with Gasteiger partial charge in [-0.2, -0.15) is 5.26 Å². The minimum Gasteiger partial charge on any atom is -0.396 e. The van der Waals surface area contributed by atoms with Crippen molar-refractivity contribution in [2.24, 2.45) is 0 Å². The van der Waals surface area contributed by atoms with Crippen LogP contribution in [0.4, 0.5) is 17.2 Å². The van der Waals surface area contributed by atoms with Gasteiger partial charge in [0.15, 0.2) is 11.5 Å². The van der Waals surface area contributed by atoms with Crippen LogP contribution in [0.3, 0.4) is 0 Å². The fourth-order valence-corrected chi connectivity index (χ4v) is 0.944. The van der Waals surface area contributed by atoms with Crippen LogP contribution in [-0.4, -0.2) is 11.5 Å². The number of aromatic nitrogens is 1. The van der Waals surface area contributed by atoms with Gasteiger partial charge in [-0.1, -0.05) is 0 Å². The lowest BCUT2D eigenvalue weighted by Crippen LogP contribution is -2.06. The third-order valence-electron chi connectivity index (χ3n) is 1.53. The number of nitrogen functional groups attached to an aromatic ring is 2. The maximum Gasteiger partial charge on any atom is 0.165 e. The van der Waals surface area contributed by atoms with Crippen molar-refractivity contribution in [3.8, 4) is 6.07 Å². The summed E-state index contributed by atoms with van der Waals surface area (Å²) < 4.78 is 0. The van der Waals surface area contributed by atoms with E-state index < -0.39 is 0 Å². The number of pyridine rings is 1. The highest BCUT2D eigenvalue weighted by atomic mass is 15.0. The highest BCUT2D eigenvalue weighted by Gasteiger charge is 2.05. The number of nitrogens with one attached hydrogen (secondary N) is 1. The van der Waals surface area contributed by atoms with Gasteiger partial charge < -0.3 is 16.8 Å². The molecule has 0 spiro atoms. The largest absolute Gasteiger partial charge is 0.396 e. The van der Waals surface area contributed by atoms with E-state index >= 15 is 0 Å². The van der Waals surface area contributed by atoms with E-state index in [2.05, 4.69) is 10.3 Å². The summed E-state index contributed by atoms with van der Waals surface area (Å²) in [4.78, 5) is 3.96. The van der Waals surface area contributed by atoms with Crippen molar-refractivity contribution >= 4 is 17.2 Å². The van der Waals surface area contributed by atoms with Crippen molar-refractivity contribution in [2.45, 2.75) is 6.92 Å². The van der Waals surface area contributed by atoms with Crippen molar-refractivity contribution in [1.29, 1.82) is 5.26 Å². The number of nitrogens with zero attached hydrogens (tertiary/aromatic N) is 2. The second kappa shape index (κ2) is 3.63. The van der Waals surface area contributed by atoms with Crippen molar-refractivity contribution < 1.29 is 0 Å². The minimum absolute atomic E-state index is 0.199. The number of nitriles is 1. The van der Waals surface area contributed by atoms with Gasteiger partial charge in [-0.05, 0) is 13.0 Å². The Morgan fingerprint density at radius 1 is 1.54 bits per heavy atom. The minimum atomic E-state index is 0.199. The highest BCUT2D eigenvalue weighted by molar-refractivity contribution is 5.69. The lowest BCUT2D eigenvalue weighted by atomic mass is 10.3. The molecule has 5 N–H and O–H groups in total. The number of anilines is 3. The Morgan fingerprint density at radius 2 is 2.23 bits per heavy atom. The molecule has 0 saturated carbocycles. The Kier molecular flexibility index (Phi) is 2.55. The molecule has 0 aromatic carbocycles. The van der Waals surface area contributed by atoms with Crippen LogP contribution >= 0.6 is 0 Å². The zero-order valence-corrected chi connectivity index (χ0v) is 7.33. The maximum atomic E-state index is 8.64. The average molecular weight is 177 g/mol. The lowest BCUT2D eigenvalue weighted by Gasteiger charge is -2.07. The predicted octanol–water partition coefficient (Wildman–Crippen LogP) is 0.549. The van der Waals surface area contributed by atoms with Crippen LogP contribution in [0.1, 0.15) is 12.6 Å². The lowest BCUT2D eigenvalue weighted by molar-refractivity contribution is 1.15. The Morgan fingerprint density at radius 3 is 2.77 bits per heavy atom. The zero-order valence-electron chi connectivity index (χ0n) is 7.33. The van der Waals surface area contributed by atoms with E-state index in [0.29, 0.717) is 23.7 Å². The molecule has 0 bridgehead atoms. The van der Waals surface area contributed by atoms with E-state index in [0.717, 1.165) is 0 Å². The molecule has 5 nitrogen and oxygen atoms in total. The second-order valence-corrected chi connectivity index (χ2v) is 2.51. The van der Waals surface area contributed by atoms with Gasteiger partial charge in [0.2, 0.25) is 0 Å². The molecule has 1 aromatic heterocycles. The van der Waals surface area contributed by atoms with E-state index in [4.69, 9.17) is 16.7 Å². The quantitative estimate of drug-likeness (QED) is 0.612. The monoisotopic (exact) mass is 177 g/mol. The van der Waals surface area contributed by atoms with E-state index in [9.17, 15) is 0 Å². The summed E-state index contributed by atoms with van der Waals surface area (Å²) in [7, 11) is 0. The molecule has 1 heterocycles. The van der Waals surface area contributed by atoms with E-state index in [1.54, 1.807) is 0 Å². The van der Waals surface area contributed by atoms with Gasteiger partial charge in [0.25, 0.3) is 0 Å². The number of nitrogens with two attached hydrogens (primary N) is 2. The van der Waals surface area contributed by atoms with E-state index in [-0.39, 0.29) is 5.69 Å². The molecular weight excluding hydrogens is 166 g/mol. The van der Waals surface area contributed by atoms with Crippen molar-refractivity contribution in [1.82, 2.24) is 4.98 Å². The molecule has 0 aliphatic carbocycles.